The first-order valence-corrected chi connectivity index (χ1v) is 5.49. The van der Waals surface area contributed by atoms with Crippen molar-refractivity contribution in [3.63, 3.8) is 0 Å². The third-order valence-corrected chi connectivity index (χ3v) is 3.44. The van der Waals surface area contributed by atoms with Crippen LogP contribution >= 0.6 is 0 Å². The van der Waals surface area contributed by atoms with Gasteiger partial charge in [0.2, 0.25) is 0 Å². The molecular weight excluding hydrogens is 186 g/mol. The molecular formula is C13H15NO. The molecule has 2 nitrogen and oxygen atoms in total. The number of hydrogen-bond donors (Lipinski definition) is 1. The summed E-state index contributed by atoms with van der Waals surface area (Å²) in [5.41, 5.74) is 7.97. The van der Waals surface area contributed by atoms with Crippen LogP contribution < -0.4 is 5.73 Å². The van der Waals surface area contributed by atoms with Crippen molar-refractivity contribution >= 4 is 11.0 Å². The number of furan rings is 1. The zero-order valence-corrected chi connectivity index (χ0v) is 8.86. The lowest BCUT2D eigenvalue weighted by molar-refractivity contribution is 0.537. The first kappa shape index (κ1) is 8.98. The molecule has 1 aromatic heterocycles. The van der Waals surface area contributed by atoms with Gasteiger partial charge in [0.05, 0.1) is 0 Å². The number of hydrogen-bond acceptors (Lipinski definition) is 2. The van der Waals surface area contributed by atoms with E-state index in [1.165, 1.54) is 17.4 Å². The van der Waals surface area contributed by atoms with E-state index in [-0.39, 0.29) is 0 Å². The van der Waals surface area contributed by atoms with Crippen LogP contribution in [-0.2, 0) is 0 Å². The number of para-hydroxylation sites is 1. The number of benzene rings is 1. The van der Waals surface area contributed by atoms with E-state index >= 15 is 0 Å². The minimum absolute atomic E-state index is 0.572. The van der Waals surface area contributed by atoms with Gasteiger partial charge in [-0.1, -0.05) is 18.2 Å². The molecule has 1 heterocycles. The zero-order chi connectivity index (χ0) is 10.4. The van der Waals surface area contributed by atoms with Crippen LogP contribution in [0.1, 0.15) is 23.7 Å². The Labute approximate surface area is 89.1 Å². The maximum atomic E-state index is 5.90. The van der Waals surface area contributed by atoms with Gasteiger partial charge in [-0.15, -0.1) is 0 Å². The highest BCUT2D eigenvalue weighted by Gasteiger charge is 2.40. The Morgan fingerprint density at radius 2 is 2.20 bits per heavy atom. The van der Waals surface area contributed by atoms with Gasteiger partial charge in [-0.25, -0.2) is 0 Å². The molecule has 2 heteroatoms. The predicted octanol–water partition coefficient (Wildman–Crippen LogP) is 2.80. The van der Waals surface area contributed by atoms with Crippen molar-refractivity contribution in [1.29, 1.82) is 0 Å². The van der Waals surface area contributed by atoms with Crippen molar-refractivity contribution in [2.24, 2.45) is 11.7 Å². The molecule has 3 rings (SSSR count). The van der Waals surface area contributed by atoms with Crippen LogP contribution in [0.4, 0.5) is 0 Å². The van der Waals surface area contributed by atoms with E-state index in [1.807, 2.05) is 12.1 Å². The molecule has 1 fully saturated rings. The fraction of sp³-hybridized carbons (Fsp3) is 0.385. The summed E-state index contributed by atoms with van der Waals surface area (Å²) in [5.74, 6) is 2.37. The summed E-state index contributed by atoms with van der Waals surface area (Å²) >= 11 is 0. The quantitative estimate of drug-likeness (QED) is 0.811. The van der Waals surface area contributed by atoms with Gasteiger partial charge in [-0.05, 0) is 37.4 Å². The van der Waals surface area contributed by atoms with E-state index in [0.717, 1.165) is 17.9 Å². The van der Waals surface area contributed by atoms with Crippen LogP contribution in [-0.4, -0.2) is 6.54 Å². The Kier molecular flexibility index (Phi) is 1.86. The lowest BCUT2D eigenvalue weighted by atomic mass is 10.1. The van der Waals surface area contributed by atoms with E-state index in [4.69, 9.17) is 10.2 Å². The zero-order valence-electron chi connectivity index (χ0n) is 8.86. The summed E-state index contributed by atoms with van der Waals surface area (Å²) in [6, 6.07) is 8.23. The maximum absolute atomic E-state index is 5.90. The fourth-order valence-corrected chi connectivity index (χ4v) is 2.38. The Morgan fingerprint density at radius 1 is 1.40 bits per heavy atom. The Hall–Kier alpha value is -1.28. The van der Waals surface area contributed by atoms with E-state index in [9.17, 15) is 0 Å². The second-order valence-corrected chi connectivity index (χ2v) is 4.43. The Balaban J connectivity index is 2.09. The van der Waals surface area contributed by atoms with Crippen LogP contribution in [0, 0.1) is 12.8 Å². The predicted molar refractivity (Wildman–Crippen MR) is 60.9 cm³/mol. The third-order valence-electron chi connectivity index (χ3n) is 3.44. The number of fused-ring (bicyclic) bond motifs is 1. The average molecular weight is 201 g/mol. The first-order chi connectivity index (χ1) is 7.31. The highest BCUT2D eigenvalue weighted by Crippen LogP contribution is 2.49. The average Bonchev–Trinajstić information content (AvgIpc) is 2.98. The molecule has 15 heavy (non-hydrogen) atoms. The third kappa shape index (κ3) is 1.29. The molecule has 2 atom stereocenters. The molecule has 1 aromatic carbocycles. The van der Waals surface area contributed by atoms with Crippen LogP contribution in [0.5, 0.6) is 0 Å². The summed E-state index contributed by atoms with van der Waals surface area (Å²) in [5, 5.41) is 1.25. The van der Waals surface area contributed by atoms with Crippen LogP contribution in [0.3, 0.4) is 0 Å². The summed E-state index contributed by atoms with van der Waals surface area (Å²) in [6.07, 6.45) is 1.19. The summed E-state index contributed by atoms with van der Waals surface area (Å²) in [6.45, 7) is 2.92. The Bertz CT molecular complexity index is 500. The van der Waals surface area contributed by atoms with Gasteiger partial charge in [0.1, 0.15) is 11.3 Å². The van der Waals surface area contributed by atoms with Gasteiger partial charge in [0, 0.05) is 11.3 Å². The normalized spacial score (nSPS) is 24.7. The van der Waals surface area contributed by atoms with Crippen LogP contribution in [0.2, 0.25) is 0 Å². The van der Waals surface area contributed by atoms with Crippen molar-refractivity contribution in [3.05, 3.63) is 35.6 Å². The van der Waals surface area contributed by atoms with Gasteiger partial charge < -0.3 is 10.2 Å². The fourth-order valence-electron chi connectivity index (χ4n) is 2.38. The van der Waals surface area contributed by atoms with Crippen molar-refractivity contribution in [2.45, 2.75) is 19.3 Å². The summed E-state index contributed by atoms with van der Waals surface area (Å²) < 4.78 is 5.90. The van der Waals surface area contributed by atoms with E-state index < -0.39 is 0 Å². The highest BCUT2D eigenvalue weighted by atomic mass is 16.3. The first-order valence-electron chi connectivity index (χ1n) is 5.49. The van der Waals surface area contributed by atoms with Crippen LogP contribution in [0.15, 0.2) is 28.7 Å². The molecule has 2 N–H and O–H groups in total. The van der Waals surface area contributed by atoms with Gasteiger partial charge >= 0.3 is 0 Å². The van der Waals surface area contributed by atoms with Crippen molar-refractivity contribution in [2.75, 3.05) is 6.54 Å². The molecule has 0 saturated heterocycles. The van der Waals surface area contributed by atoms with Gasteiger partial charge in [-0.2, -0.15) is 0 Å². The van der Waals surface area contributed by atoms with Crippen molar-refractivity contribution in [3.8, 4) is 0 Å². The summed E-state index contributed by atoms with van der Waals surface area (Å²) in [7, 11) is 0. The lowest BCUT2D eigenvalue weighted by Crippen LogP contribution is -2.01. The second-order valence-electron chi connectivity index (χ2n) is 4.43. The molecule has 2 unspecified atom stereocenters. The molecule has 0 spiro atoms. The van der Waals surface area contributed by atoms with Crippen LogP contribution in [0.25, 0.3) is 11.0 Å². The maximum Gasteiger partial charge on any atom is 0.134 e. The van der Waals surface area contributed by atoms with Gasteiger partial charge in [0.25, 0.3) is 0 Å². The molecule has 0 radical (unpaired) electrons. The molecule has 1 saturated carbocycles. The largest absolute Gasteiger partial charge is 0.460 e. The molecule has 78 valence electrons. The summed E-state index contributed by atoms with van der Waals surface area (Å²) in [4.78, 5) is 0. The molecule has 1 aliphatic carbocycles. The number of rotatable bonds is 2. The Morgan fingerprint density at radius 3 is 2.87 bits per heavy atom. The lowest BCUT2D eigenvalue weighted by Gasteiger charge is -1.94. The van der Waals surface area contributed by atoms with E-state index in [0.29, 0.717) is 11.8 Å². The molecule has 2 aromatic rings. The second kappa shape index (κ2) is 3.11. The monoisotopic (exact) mass is 201 g/mol. The SMILES string of the molecule is Cc1c(C2CC2CN)oc2ccccc12. The smallest absolute Gasteiger partial charge is 0.134 e. The minimum atomic E-state index is 0.572. The topological polar surface area (TPSA) is 39.2 Å². The highest BCUT2D eigenvalue weighted by molar-refractivity contribution is 5.82. The molecule has 1 aliphatic rings. The standard InChI is InChI=1S/C13H15NO/c1-8-10-4-2-3-5-12(10)15-13(8)11-6-9(11)7-14/h2-5,9,11H,6-7,14H2,1H3. The molecule has 0 amide bonds. The van der Waals surface area contributed by atoms with Crippen molar-refractivity contribution < 1.29 is 4.42 Å². The minimum Gasteiger partial charge on any atom is -0.460 e. The molecule has 0 aliphatic heterocycles. The number of nitrogens with two attached hydrogens (primary N) is 1. The van der Waals surface area contributed by atoms with E-state index in [1.54, 1.807) is 0 Å². The molecule has 0 bridgehead atoms. The van der Waals surface area contributed by atoms with Gasteiger partial charge in [0.15, 0.2) is 0 Å². The van der Waals surface area contributed by atoms with E-state index in [2.05, 4.69) is 19.1 Å². The van der Waals surface area contributed by atoms with Crippen molar-refractivity contribution in [1.82, 2.24) is 0 Å². The van der Waals surface area contributed by atoms with Gasteiger partial charge in [-0.3, -0.25) is 0 Å². The number of aryl methyl sites for hydroxylation is 1.